The minimum Gasteiger partial charge on any atom is -0.300 e. The van der Waals surface area contributed by atoms with Gasteiger partial charge in [0.05, 0.1) is 0 Å². The third-order valence-electron chi connectivity index (χ3n) is 3.06. The highest BCUT2D eigenvalue weighted by molar-refractivity contribution is 5.78. The fourth-order valence-corrected chi connectivity index (χ4v) is 2.30. The van der Waals surface area contributed by atoms with E-state index in [4.69, 9.17) is 0 Å². The minimum absolute atomic E-state index is 0.479. The Morgan fingerprint density at radius 3 is 2.92 bits per heavy atom. The van der Waals surface area contributed by atoms with Gasteiger partial charge in [-0.15, -0.1) is 0 Å². The summed E-state index contributed by atoms with van der Waals surface area (Å²) in [4.78, 5) is 11.2. The van der Waals surface area contributed by atoms with Crippen molar-refractivity contribution in [2.24, 2.45) is 5.92 Å². The molecule has 0 aromatic carbocycles. The zero-order chi connectivity index (χ0) is 8.39. The maximum atomic E-state index is 11.2. The first-order valence-corrected chi connectivity index (χ1v) is 5.06. The second kappa shape index (κ2) is 3.42. The van der Waals surface area contributed by atoms with Crippen LogP contribution in [-0.4, -0.2) is 5.78 Å². The minimum atomic E-state index is 0.479. The lowest BCUT2D eigenvalue weighted by molar-refractivity contribution is -0.119. The second-order valence-corrected chi connectivity index (χ2v) is 4.05. The summed E-state index contributed by atoms with van der Waals surface area (Å²) in [5.74, 6) is 1.21. The number of Topliss-reactive ketones (excluding diaryl/α,β-unsaturated/α-hetero) is 1. The first-order valence-electron chi connectivity index (χ1n) is 5.06. The van der Waals surface area contributed by atoms with Crippen molar-refractivity contribution in [2.45, 2.75) is 44.9 Å². The van der Waals surface area contributed by atoms with Crippen LogP contribution in [0, 0.1) is 5.92 Å². The van der Waals surface area contributed by atoms with Crippen LogP contribution >= 0.6 is 0 Å². The summed E-state index contributed by atoms with van der Waals surface area (Å²) in [5, 5.41) is 0. The van der Waals surface area contributed by atoms with E-state index in [9.17, 15) is 4.79 Å². The zero-order valence-corrected chi connectivity index (χ0v) is 7.51. The van der Waals surface area contributed by atoms with Gasteiger partial charge in [0.25, 0.3) is 0 Å². The standard InChI is InChI=1S/C11H16O/c12-11-6-4-9-2-1-3-10(8-9)5-7-11/h8-9H,1-7H2. The monoisotopic (exact) mass is 164 g/mol. The number of carbonyl (C=O) groups excluding carboxylic acids is 1. The maximum absolute atomic E-state index is 11.2. The molecule has 12 heavy (non-hydrogen) atoms. The second-order valence-electron chi connectivity index (χ2n) is 4.05. The number of carbonyl (C=O) groups is 1. The molecule has 2 aliphatic rings. The molecule has 1 heteroatoms. The van der Waals surface area contributed by atoms with E-state index in [0.29, 0.717) is 5.78 Å². The van der Waals surface area contributed by atoms with Crippen LogP contribution in [0.25, 0.3) is 0 Å². The van der Waals surface area contributed by atoms with E-state index in [2.05, 4.69) is 6.08 Å². The highest BCUT2D eigenvalue weighted by Gasteiger charge is 2.18. The number of ketones is 1. The molecule has 0 spiro atoms. The topological polar surface area (TPSA) is 17.1 Å². The summed E-state index contributed by atoms with van der Waals surface area (Å²) in [6, 6.07) is 0. The largest absolute Gasteiger partial charge is 0.300 e. The van der Waals surface area contributed by atoms with Crippen LogP contribution < -0.4 is 0 Å². The van der Waals surface area contributed by atoms with Gasteiger partial charge < -0.3 is 0 Å². The molecular weight excluding hydrogens is 148 g/mol. The van der Waals surface area contributed by atoms with Crippen LogP contribution in [0.2, 0.25) is 0 Å². The number of fused-ring (bicyclic) bond motifs is 1. The van der Waals surface area contributed by atoms with Gasteiger partial charge in [0, 0.05) is 12.8 Å². The average Bonchev–Trinajstić information content (AvgIpc) is 2.11. The van der Waals surface area contributed by atoms with Gasteiger partial charge in [0.2, 0.25) is 0 Å². The summed E-state index contributed by atoms with van der Waals surface area (Å²) in [7, 11) is 0. The van der Waals surface area contributed by atoms with E-state index in [1.54, 1.807) is 5.57 Å². The van der Waals surface area contributed by atoms with Crippen LogP contribution in [0.15, 0.2) is 11.6 Å². The summed E-state index contributed by atoms with van der Waals surface area (Å²) >= 11 is 0. The zero-order valence-electron chi connectivity index (χ0n) is 7.51. The van der Waals surface area contributed by atoms with E-state index in [-0.39, 0.29) is 0 Å². The van der Waals surface area contributed by atoms with Crippen LogP contribution in [0.1, 0.15) is 44.9 Å². The van der Waals surface area contributed by atoms with E-state index in [1.165, 1.54) is 19.3 Å². The van der Waals surface area contributed by atoms with Crippen LogP contribution in [-0.2, 0) is 4.79 Å². The average molecular weight is 164 g/mol. The molecular formula is C11H16O. The van der Waals surface area contributed by atoms with Gasteiger partial charge in [-0.3, -0.25) is 4.79 Å². The predicted octanol–water partition coefficient (Wildman–Crippen LogP) is 2.86. The molecule has 2 aliphatic carbocycles. The van der Waals surface area contributed by atoms with Gasteiger partial charge in [0.15, 0.2) is 0 Å². The smallest absolute Gasteiger partial charge is 0.133 e. The molecule has 2 bridgehead atoms. The highest BCUT2D eigenvalue weighted by Crippen LogP contribution is 2.30. The van der Waals surface area contributed by atoms with Gasteiger partial charge in [0.1, 0.15) is 5.78 Å². The molecule has 0 saturated carbocycles. The Hall–Kier alpha value is -0.590. The van der Waals surface area contributed by atoms with E-state index < -0.39 is 0 Å². The van der Waals surface area contributed by atoms with Crippen molar-refractivity contribution >= 4 is 5.78 Å². The number of rotatable bonds is 0. The number of allylic oxidation sites excluding steroid dienone is 2. The summed E-state index contributed by atoms with van der Waals surface area (Å²) in [6.45, 7) is 0. The first-order chi connectivity index (χ1) is 5.84. The molecule has 0 amide bonds. The number of hydrogen-bond acceptors (Lipinski definition) is 1. The molecule has 0 fully saturated rings. The van der Waals surface area contributed by atoms with Crippen LogP contribution in [0.3, 0.4) is 0 Å². The Labute approximate surface area is 73.8 Å². The number of hydrogen-bond donors (Lipinski definition) is 0. The molecule has 0 heterocycles. The van der Waals surface area contributed by atoms with Gasteiger partial charge >= 0.3 is 0 Å². The third-order valence-corrected chi connectivity index (χ3v) is 3.06. The van der Waals surface area contributed by atoms with Crippen LogP contribution in [0.5, 0.6) is 0 Å². The molecule has 0 saturated heterocycles. The van der Waals surface area contributed by atoms with Crippen molar-refractivity contribution in [1.82, 2.24) is 0 Å². The first kappa shape index (κ1) is 8.03. The van der Waals surface area contributed by atoms with Crippen LogP contribution in [0.4, 0.5) is 0 Å². The summed E-state index contributed by atoms with van der Waals surface area (Å²) in [5.41, 5.74) is 1.55. The molecule has 2 rings (SSSR count). The predicted molar refractivity (Wildman–Crippen MR) is 48.9 cm³/mol. The lowest BCUT2D eigenvalue weighted by Crippen LogP contribution is -2.11. The Kier molecular flexibility index (Phi) is 2.29. The SMILES string of the molecule is O=C1CCC2=CC(CCC2)CC1. The van der Waals surface area contributed by atoms with Gasteiger partial charge in [-0.1, -0.05) is 11.6 Å². The highest BCUT2D eigenvalue weighted by atomic mass is 16.1. The van der Waals surface area contributed by atoms with E-state index >= 15 is 0 Å². The Morgan fingerprint density at radius 2 is 2.00 bits per heavy atom. The van der Waals surface area contributed by atoms with Gasteiger partial charge in [-0.25, -0.2) is 0 Å². The fraction of sp³-hybridized carbons (Fsp3) is 0.727. The molecule has 0 aromatic rings. The maximum Gasteiger partial charge on any atom is 0.133 e. The fourth-order valence-electron chi connectivity index (χ4n) is 2.30. The van der Waals surface area contributed by atoms with E-state index in [0.717, 1.165) is 31.6 Å². The van der Waals surface area contributed by atoms with Crippen molar-refractivity contribution in [2.75, 3.05) is 0 Å². The van der Waals surface area contributed by atoms with Crippen molar-refractivity contribution in [3.63, 3.8) is 0 Å². The summed E-state index contributed by atoms with van der Waals surface area (Å²) in [6.07, 6.45) is 10.2. The molecule has 1 atom stereocenters. The van der Waals surface area contributed by atoms with E-state index in [1.807, 2.05) is 0 Å². The lowest BCUT2D eigenvalue weighted by Gasteiger charge is -2.23. The summed E-state index contributed by atoms with van der Waals surface area (Å²) < 4.78 is 0. The van der Waals surface area contributed by atoms with Crippen molar-refractivity contribution in [1.29, 1.82) is 0 Å². The van der Waals surface area contributed by atoms with Crippen molar-refractivity contribution in [3.05, 3.63) is 11.6 Å². The normalized spacial score (nSPS) is 30.5. The Morgan fingerprint density at radius 1 is 1.08 bits per heavy atom. The van der Waals surface area contributed by atoms with Crippen molar-refractivity contribution < 1.29 is 4.79 Å². The Balaban J connectivity index is 2.09. The molecule has 0 aliphatic heterocycles. The molecule has 66 valence electrons. The molecule has 0 N–H and O–H groups in total. The third kappa shape index (κ3) is 1.77. The molecule has 1 nitrogen and oxygen atoms in total. The molecule has 0 radical (unpaired) electrons. The van der Waals surface area contributed by atoms with Gasteiger partial charge in [-0.2, -0.15) is 0 Å². The molecule has 0 aromatic heterocycles. The van der Waals surface area contributed by atoms with Gasteiger partial charge in [-0.05, 0) is 38.0 Å². The quantitative estimate of drug-likeness (QED) is 0.503. The Bertz CT molecular complexity index is 215. The molecule has 1 unspecified atom stereocenters. The van der Waals surface area contributed by atoms with Crippen molar-refractivity contribution in [3.8, 4) is 0 Å². The lowest BCUT2D eigenvalue weighted by atomic mass is 9.82.